The molecule has 0 amide bonds. The van der Waals surface area contributed by atoms with Gasteiger partial charge in [0.05, 0.1) is 17.4 Å². The van der Waals surface area contributed by atoms with Crippen LogP contribution in [0, 0.1) is 0 Å². The molecule has 0 saturated heterocycles. The molecule has 0 fully saturated rings. The van der Waals surface area contributed by atoms with Crippen LogP contribution in [-0.4, -0.2) is 16.3 Å². The summed E-state index contributed by atoms with van der Waals surface area (Å²) < 4.78 is 38.8. The van der Waals surface area contributed by atoms with E-state index in [1.807, 2.05) is 0 Å². The fraction of sp³-hybridized carbons (Fsp3) is 0.250. The minimum absolute atomic E-state index is 0.376. The van der Waals surface area contributed by atoms with E-state index in [9.17, 15) is 13.2 Å². The number of rotatable bonds is 3. The lowest BCUT2D eigenvalue weighted by Crippen LogP contribution is -2.07. The maximum Gasteiger partial charge on any atom is 0.419 e. The zero-order valence-corrected chi connectivity index (χ0v) is 10.5. The zero-order chi connectivity index (χ0) is 14.0. The van der Waals surface area contributed by atoms with Crippen molar-refractivity contribution in [1.82, 2.24) is 9.78 Å². The molecule has 7 heteroatoms. The number of halogens is 4. The summed E-state index contributed by atoms with van der Waals surface area (Å²) >= 11 is 5.87. The van der Waals surface area contributed by atoms with Crippen molar-refractivity contribution in [3.63, 3.8) is 0 Å². The van der Waals surface area contributed by atoms with Crippen LogP contribution >= 0.6 is 11.6 Å². The van der Waals surface area contributed by atoms with Crippen LogP contribution in [0.5, 0.6) is 0 Å². The Morgan fingerprint density at radius 3 is 2.63 bits per heavy atom. The van der Waals surface area contributed by atoms with Gasteiger partial charge in [-0.2, -0.15) is 18.3 Å². The van der Waals surface area contributed by atoms with Gasteiger partial charge in [-0.1, -0.05) is 11.6 Å². The zero-order valence-electron chi connectivity index (χ0n) is 9.78. The van der Waals surface area contributed by atoms with Gasteiger partial charge in [-0.3, -0.25) is 0 Å². The van der Waals surface area contributed by atoms with Gasteiger partial charge in [0.15, 0.2) is 0 Å². The molecular formula is C12H11ClF3N3. The van der Waals surface area contributed by atoms with E-state index in [1.54, 1.807) is 18.2 Å². The van der Waals surface area contributed by atoms with E-state index in [4.69, 9.17) is 17.3 Å². The summed E-state index contributed by atoms with van der Waals surface area (Å²) in [5.74, 6) is 0. The predicted octanol–water partition coefficient (Wildman–Crippen LogP) is 3.05. The molecule has 0 aliphatic rings. The third kappa shape index (κ3) is 3.08. The van der Waals surface area contributed by atoms with Crippen LogP contribution in [0.15, 0.2) is 30.6 Å². The molecule has 2 N–H and O–H groups in total. The largest absolute Gasteiger partial charge is 0.419 e. The van der Waals surface area contributed by atoms with Crippen LogP contribution in [0.2, 0.25) is 5.02 Å². The van der Waals surface area contributed by atoms with Gasteiger partial charge in [-0.15, -0.1) is 0 Å². The summed E-state index contributed by atoms with van der Waals surface area (Å²) in [5.41, 5.74) is 5.99. The van der Waals surface area contributed by atoms with Gasteiger partial charge in [0.25, 0.3) is 0 Å². The maximum absolute atomic E-state index is 12.5. The Hall–Kier alpha value is -1.53. The molecule has 102 valence electrons. The molecule has 1 aromatic carbocycles. The van der Waals surface area contributed by atoms with Gasteiger partial charge in [0, 0.05) is 11.2 Å². The van der Waals surface area contributed by atoms with Crippen molar-refractivity contribution in [2.45, 2.75) is 12.6 Å². The Balaban J connectivity index is 2.44. The first-order chi connectivity index (χ1) is 8.91. The molecular weight excluding hydrogens is 279 g/mol. The molecule has 3 nitrogen and oxygen atoms in total. The quantitative estimate of drug-likeness (QED) is 0.944. The van der Waals surface area contributed by atoms with Gasteiger partial charge < -0.3 is 5.73 Å². The molecule has 0 spiro atoms. The molecule has 0 saturated carbocycles. The third-order valence-electron chi connectivity index (χ3n) is 2.61. The Labute approximate surface area is 112 Å². The number of aromatic nitrogens is 2. The molecule has 0 radical (unpaired) electrons. The van der Waals surface area contributed by atoms with Gasteiger partial charge in [0.2, 0.25) is 0 Å². The molecule has 1 heterocycles. The summed E-state index contributed by atoms with van der Waals surface area (Å²) in [5, 5.41) is 4.25. The second-order valence-electron chi connectivity index (χ2n) is 3.98. The lowest BCUT2D eigenvalue weighted by molar-refractivity contribution is -0.137. The molecule has 0 unspecified atom stereocenters. The molecule has 0 bridgehead atoms. The van der Waals surface area contributed by atoms with E-state index in [2.05, 4.69) is 5.10 Å². The first-order valence-corrected chi connectivity index (χ1v) is 5.90. The maximum atomic E-state index is 12.5. The minimum atomic E-state index is -4.40. The highest BCUT2D eigenvalue weighted by atomic mass is 35.5. The van der Waals surface area contributed by atoms with Gasteiger partial charge in [-0.05, 0) is 36.7 Å². The van der Waals surface area contributed by atoms with E-state index in [1.165, 1.54) is 4.68 Å². The Kier molecular flexibility index (Phi) is 3.82. The average molecular weight is 290 g/mol. The average Bonchev–Trinajstić information content (AvgIpc) is 2.78. The number of hydrogen-bond donors (Lipinski definition) is 1. The Bertz CT molecular complexity index is 578. The highest BCUT2D eigenvalue weighted by Crippen LogP contribution is 2.29. The molecule has 0 atom stereocenters. The number of alkyl halides is 3. The van der Waals surface area contributed by atoms with E-state index in [-0.39, 0.29) is 0 Å². The summed E-state index contributed by atoms with van der Waals surface area (Å²) in [7, 11) is 0. The highest BCUT2D eigenvalue weighted by Gasteiger charge is 2.32. The fourth-order valence-electron chi connectivity index (χ4n) is 1.73. The monoisotopic (exact) mass is 289 g/mol. The number of hydrogen-bond acceptors (Lipinski definition) is 2. The van der Waals surface area contributed by atoms with Gasteiger partial charge in [-0.25, -0.2) is 4.68 Å². The third-order valence-corrected chi connectivity index (χ3v) is 2.85. The van der Waals surface area contributed by atoms with E-state index in [0.29, 0.717) is 23.7 Å². The number of benzene rings is 1. The van der Waals surface area contributed by atoms with Gasteiger partial charge >= 0.3 is 6.18 Å². The molecule has 19 heavy (non-hydrogen) atoms. The SMILES string of the molecule is NCCc1cc(Cl)ccc1-n1cc(C(F)(F)F)cn1. The molecule has 0 aliphatic carbocycles. The summed E-state index contributed by atoms with van der Waals surface area (Å²) in [6, 6.07) is 4.91. The summed E-state index contributed by atoms with van der Waals surface area (Å²) in [4.78, 5) is 0. The fourth-order valence-corrected chi connectivity index (χ4v) is 1.93. The van der Waals surface area contributed by atoms with Crippen molar-refractivity contribution in [3.05, 3.63) is 46.7 Å². The second kappa shape index (κ2) is 5.22. The first-order valence-electron chi connectivity index (χ1n) is 5.52. The van der Waals surface area contributed by atoms with Crippen LogP contribution in [0.4, 0.5) is 13.2 Å². The van der Waals surface area contributed by atoms with Gasteiger partial charge in [0.1, 0.15) is 0 Å². The van der Waals surface area contributed by atoms with Crippen LogP contribution in [0.1, 0.15) is 11.1 Å². The molecule has 0 aliphatic heterocycles. The molecule has 2 aromatic rings. The predicted molar refractivity (Wildman–Crippen MR) is 66.3 cm³/mol. The number of nitrogens with two attached hydrogens (primary N) is 1. The highest BCUT2D eigenvalue weighted by molar-refractivity contribution is 6.30. The lowest BCUT2D eigenvalue weighted by Gasteiger charge is -2.09. The summed E-state index contributed by atoms with van der Waals surface area (Å²) in [6.07, 6.45) is -2.15. The molecule has 2 rings (SSSR count). The van der Waals surface area contributed by atoms with Crippen molar-refractivity contribution in [2.75, 3.05) is 6.54 Å². The normalized spacial score (nSPS) is 11.8. The van der Waals surface area contributed by atoms with Crippen LogP contribution in [0.3, 0.4) is 0 Å². The number of nitrogens with zero attached hydrogens (tertiary/aromatic N) is 2. The standard InChI is InChI=1S/C12H11ClF3N3/c13-10-1-2-11(8(5-10)3-4-17)19-7-9(6-18-19)12(14,15)16/h1-2,5-7H,3-4,17H2. The van der Waals surface area contributed by atoms with Crippen LogP contribution in [0.25, 0.3) is 5.69 Å². The van der Waals surface area contributed by atoms with Crippen molar-refractivity contribution in [1.29, 1.82) is 0 Å². The van der Waals surface area contributed by atoms with Crippen molar-refractivity contribution in [2.24, 2.45) is 5.73 Å². The topological polar surface area (TPSA) is 43.8 Å². The molecule has 1 aromatic heterocycles. The van der Waals surface area contributed by atoms with Crippen molar-refractivity contribution in [3.8, 4) is 5.69 Å². The van der Waals surface area contributed by atoms with E-state index in [0.717, 1.165) is 18.0 Å². The summed E-state index contributed by atoms with van der Waals surface area (Å²) in [6.45, 7) is 0.376. The Morgan fingerprint density at radius 1 is 1.32 bits per heavy atom. The second-order valence-corrected chi connectivity index (χ2v) is 4.42. The Morgan fingerprint density at radius 2 is 2.05 bits per heavy atom. The van der Waals surface area contributed by atoms with Crippen molar-refractivity contribution < 1.29 is 13.2 Å². The van der Waals surface area contributed by atoms with Crippen molar-refractivity contribution >= 4 is 11.6 Å². The van der Waals surface area contributed by atoms with E-state index >= 15 is 0 Å². The van der Waals surface area contributed by atoms with Crippen LogP contribution < -0.4 is 5.73 Å². The van der Waals surface area contributed by atoms with Crippen LogP contribution in [-0.2, 0) is 12.6 Å². The first kappa shape index (κ1) is 13.9. The van der Waals surface area contributed by atoms with E-state index < -0.39 is 11.7 Å². The minimum Gasteiger partial charge on any atom is -0.330 e. The smallest absolute Gasteiger partial charge is 0.330 e. The lowest BCUT2D eigenvalue weighted by atomic mass is 10.1.